The Morgan fingerprint density at radius 3 is 2.42 bits per heavy atom. The summed E-state index contributed by atoms with van der Waals surface area (Å²) in [4.78, 5) is 12.2. The van der Waals surface area contributed by atoms with E-state index in [4.69, 9.17) is 5.11 Å². The average molecular weight is 341 g/mol. The molecule has 2 rings (SSSR count). The topological polar surface area (TPSA) is 37.3 Å². The fraction of sp³-hybridized carbons (Fsp3) is 0.0714. The van der Waals surface area contributed by atoms with E-state index in [1.165, 1.54) is 23.9 Å². The number of benzene rings is 2. The van der Waals surface area contributed by atoms with Crippen molar-refractivity contribution in [2.75, 3.05) is 0 Å². The molecule has 2 nitrogen and oxygen atoms in total. The van der Waals surface area contributed by atoms with E-state index in [-0.39, 0.29) is 10.0 Å². The van der Waals surface area contributed by atoms with Crippen LogP contribution in [0.3, 0.4) is 0 Å². The predicted molar refractivity (Wildman–Crippen MR) is 76.4 cm³/mol. The van der Waals surface area contributed by atoms with Gasteiger partial charge in [-0.1, -0.05) is 29.5 Å². The average Bonchev–Trinajstić information content (AvgIpc) is 2.37. The van der Waals surface area contributed by atoms with Gasteiger partial charge in [0, 0.05) is 9.79 Å². The number of aromatic carboxylic acids is 1. The molecule has 98 valence electrons. The van der Waals surface area contributed by atoms with Crippen LogP contribution in [0.4, 0.5) is 4.39 Å². The lowest BCUT2D eigenvalue weighted by molar-refractivity contribution is 0.0695. The molecule has 0 saturated carbocycles. The molecule has 5 heteroatoms. The monoisotopic (exact) mass is 340 g/mol. The largest absolute Gasteiger partial charge is 0.478 e. The first-order valence-corrected chi connectivity index (χ1v) is 7.06. The summed E-state index contributed by atoms with van der Waals surface area (Å²) in [6.45, 7) is 1.98. The van der Waals surface area contributed by atoms with Gasteiger partial charge in [0.1, 0.15) is 0 Å². The van der Waals surface area contributed by atoms with Crippen molar-refractivity contribution in [3.63, 3.8) is 0 Å². The van der Waals surface area contributed by atoms with Gasteiger partial charge in [-0.05, 0) is 47.1 Å². The second-order valence-corrected chi connectivity index (χ2v) is 5.87. The van der Waals surface area contributed by atoms with Gasteiger partial charge < -0.3 is 5.11 Å². The van der Waals surface area contributed by atoms with Crippen LogP contribution in [0.15, 0.2) is 50.7 Å². The van der Waals surface area contributed by atoms with E-state index in [0.29, 0.717) is 4.90 Å². The van der Waals surface area contributed by atoms with Crippen molar-refractivity contribution in [1.82, 2.24) is 0 Å². The molecule has 0 amide bonds. The Kier molecular flexibility index (Phi) is 4.27. The number of carbonyl (C=O) groups is 1. The van der Waals surface area contributed by atoms with E-state index in [1.807, 2.05) is 31.2 Å². The zero-order chi connectivity index (χ0) is 14.0. The zero-order valence-corrected chi connectivity index (χ0v) is 12.4. The molecule has 0 heterocycles. The van der Waals surface area contributed by atoms with Gasteiger partial charge in [0.2, 0.25) is 0 Å². The fourth-order valence-corrected chi connectivity index (χ4v) is 3.01. The Balaban J connectivity index is 2.34. The number of halogens is 2. The van der Waals surface area contributed by atoms with E-state index >= 15 is 0 Å². The highest BCUT2D eigenvalue weighted by Gasteiger charge is 2.16. The molecule has 0 unspecified atom stereocenters. The molecule has 0 radical (unpaired) electrons. The highest BCUT2D eigenvalue weighted by atomic mass is 79.9. The molecule has 0 spiro atoms. The minimum Gasteiger partial charge on any atom is -0.478 e. The summed E-state index contributed by atoms with van der Waals surface area (Å²) < 4.78 is 14.0. The molecule has 0 aliphatic carbocycles. The van der Waals surface area contributed by atoms with Gasteiger partial charge in [0.05, 0.1) is 10.0 Å². The zero-order valence-electron chi connectivity index (χ0n) is 9.98. The first kappa shape index (κ1) is 14.1. The van der Waals surface area contributed by atoms with Crippen LogP contribution >= 0.6 is 27.7 Å². The number of rotatable bonds is 3. The Labute approximate surface area is 122 Å². The third-order valence-corrected chi connectivity index (χ3v) is 4.34. The van der Waals surface area contributed by atoms with Gasteiger partial charge >= 0.3 is 5.97 Å². The van der Waals surface area contributed by atoms with Gasteiger partial charge in [-0.3, -0.25) is 0 Å². The number of hydrogen-bond donors (Lipinski definition) is 1. The van der Waals surface area contributed by atoms with Crippen LogP contribution in [0, 0.1) is 12.7 Å². The maximum absolute atomic E-state index is 14.1. The lowest BCUT2D eigenvalue weighted by atomic mass is 10.2. The highest BCUT2D eigenvalue weighted by Crippen LogP contribution is 2.34. The normalized spacial score (nSPS) is 10.5. The van der Waals surface area contributed by atoms with Crippen molar-refractivity contribution < 1.29 is 14.3 Å². The van der Waals surface area contributed by atoms with E-state index in [0.717, 1.165) is 10.5 Å². The molecule has 0 atom stereocenters. The summed E-state index contributed by atoms with van der Waals surface area (Å²) in [6.07, 6.45) is 0. The summed E-state index contributed by atoms with van der Waals surface area (Å²) in [5, 5.41) is 8.90. The number of carboxylic acids is 1. The standard InChI is InChI=1S/C14H10BrFO2S/c1-8-2-4-9(5-3-8)19-11-7-6-10(14(17)18)12(15)13(11)16/h2-7H,1H3,(H,17,18). The second kappa shape index (κ2) is 5.75. The van der Waals surface area contributed by atoms with Crippen molar-refractivity contribution in [3.8, 4) is 0 Å². The van der Waals surface area contributed by atoms with Crippen molar-refractivity contribution in [2.45, 2.75) is 16.7 Å². The number of hydrogen-bond acceptors (Lipinski definition) is 2. The van der Waals surface area contributed by atoms with Gasteiger partial charge in [0.25, 0.3) is 0 Å². The molecule has 2 aromatic carbocycles. The second-order valence-electron chi connectivity index (χ2n) is 3.96. The molecular weight excluding hydrogens is 331 g/mol. The Bertz CT molecular complexity index is 626. The lowest BCUT2D eigenvalue weighted by Crippen LogP contribution is -2.00. The quantitative estimate of drug-likeness (QED) is 0.876. The van der Waals surface area contributed by atoms with E-state index in [2.05, 4.69) is 15.9 Å². The number of carboxylic acid groups (broad SMARTS) is 1. The summed E-state index contributed by atoms with van der Waals surface area (Å²) in [7, 11) is 0. The Morgan fingerprint density at radius 1 is 1.21 bits per heavy atom. The van der Waals surface area contributed by atoms with Crippen LogP contribution in [-0.4, -0.2) is 11.1 Å². The van der Waals surface area contributed by atoms with Crippen LogP contribution in [0.1, 0.15) is 15.9 Å². The van der Waals surface area contributed by atoms with Gasteiger partial charge in [-0.25, -0.2) is 9.18 Å². The van der Waals surface area contributed by atoms with Crippen LogP contribution in [0.5, 0.6) is 0 Å². The third kappa shape index (κ3) is 3.16. The fourth-order valence-electron chi connectivity index (χ4n) is 1.51. The predicted octanol–water partition coefficient (Wildman–Crippen LogP) is 4.75. The van der Waals surface area contributed by atoms with Gasteiger partial charge in [-0.2, -0.15) is 0 Å². The van der Waals surface area contributed by atoms with Crippen LogP contribution in [0.2, 0.25) is 0 Å². The van der Waals surface area contributed by atoms with Crippen molar-refractivity contribution in [1.29, 1.82) is 0 Å². The lowest BCUT2D eigenvalue weighted by Gasteiger charge is -2.07. The van der Waals surface area contributed by atoms with Gasteiger partial charge in [0.15, 0.2) is 5.82 Å². The molecule has 1 N–H and O–H groups in total. The summed E-state index contributed by atoms with van der Waals surface area (Å²) in [5.74, 6) is -1.71. The summed E-state index contributed by atoms with van der Waals surface area (Å²) in [5.41, 5.74) is 1.05. The maximum atomic E-state index is 14.1. The molecule has 0 fully saturated rings. The van der Waals surface area contributed by atoms with Gasteiger partial charge in [-0.15, -0.1) is 0 Å². The molecule has 0 bridgehead atoms. The van der Waals surface area contributed by atoms with E-state index in [1.54, 1.807) is 0 Å². The smallest absolute Gasteiger partial charge is 0.336 e. The Morgan fingerprint density at radius 2 is 1.84 bits per heavy atom. The SMILES string of the molecule is Cc1ccc(Sc2ccc(C(=O)O)c(Br)c2F)cc1. The van der Waals surface area contributed by atoms with Crippen molar-refractivity contribution >= 4 is 33.7 Å². The first-order chi connectivity index (χ1) is 8.99. The van der Waals surface area contributed by atoms with Crippen LogP contribution < -0.4 is 0 Å². The number of aryl methyl sites for hydroxylation is 1. The summed E-state index contributed by atoms with van der Waals surface area (Å²) in [6, 6.07) is 10.6. The van der Waals surface area contributed by atoms with Crippen LogP contribution in [-0.2, 0) is 0 Å². The first-order valence-electron chi connectivity index (χ1n) is 5.45. The maximum Gasteiger partial charge on any atom is 0.336 e. The molecule has 19 heavy (non-hydrogen) atoms. The van der Waals surface area contributed by atoms with Crippen molar-refractivity contribution in [3.05, 3.63) is 57.8 Å². The molecule has 0 aliphatic rings. The highest BCUT2D eigenvalue weighted by molar-refractivity contribution is 9.10. The molecule has 0 saturated heterocycles. The molecule has 0 aromatic heterocycles. The minimum absolute atomic E-state index is 0.0166. The minimum atomic E-state index is -1.15. The molecule has 0 aliphatic heterocycles. The van der Waals surface area contributed by atoms with Crippen LogP contribution in [0.25, 0.3) is 0 Å². The van der Waals surface area contributed by atoms with Crippen molar-refractivity contribution in [2.24, 2.45) is 0 Å². The Hall–Kier alpha value is -1.33. The van der Waals surface area contributed by atoms with E-state index < -0.39 is 11.8 Å². The van der Waals surface area contributed by atoms with E-state index in [9.17, 15) is 9.18 Å². The third-order valence-electron chi connectivity index (χ3n) is 2.53. The molecular formula is C14H10BrFO2S. The molecule has 2 aromatic rings. The summed E-state index contributed by atoms with van der Waals surface area (Å²) >= 11 is 4.25.